The molecule has 4 heteroatoms. The molecular formula is C21H40O4. The van der Waals surface area contributed by atoms with Crippen molar-refractivity contribution in [2.75, 3.05) is 13.2 Å². The molecule has 0 aliphatic carbocycles. The number of epoxide rings is 1. The van der Waals surface area contributed by atoms with Crippen molar-refractivity contribution < 1.29 is 19.7 Å². The van der Waals surface area contributed by atoms with Gasteiger partial charge in [0.2, 0.25) is 0 Å². The number of hydrogen-bond donors (Lipinski definition) is 2. The van der Waals surface area contributed by atoms with Crippen molar-refractivity contribution in [2.45, 2.75) is 103 Å². The highest BCUT2D eigenvalue weighted by Crippen LogP contribution is 2.09. The van der Waals surface area contributed by atoms with Crippen molar-refractivity contribution in [3.05, 3.63) is 12.2 Å². The van der Waals surface area contributed by atoms with Crippen molar-refractivity contribution in [3.63, 3.8) is 0 Å². The van der Waals surface area contributed by atoms with E-state index >= 15 is 0 Å². The highest BCUT2D eigenvalue weighted by atomic mass is 16.6. The van der Waals surface area contributed by atoms with Crippen molar-refractivity contribution in [1.29, 1.82) is 0 Å². The Labute approximate surface area is 154 Å². The summed E-state index contributed by atoms with van der Waals surface area (Å²) >= 11 is 0. The summed E-state index contributed by atoms with van der Waals surface area (Å²) in [4.78, 5) is 10.3. The molecule has 0 amide bonds. The molecule has 2 N–H and O–H groups in total. The van der Waals surface area contributed by atoms with E-state index in [4.69, 9.17) is 10.2 Å². The average Bonchev–Trinajstić information content (AvgIpc) is 3.43. The summed E-state index contributed by atoms with van der Waals surface area (Å²) in [7, 11) is 0. The van der Waals surface area contributed by atoms with Gasteiger partial charge in [-0.25, -0.2) is 0 Å². The van der Waals surface area contributed by atoms with E-state index in [1.54, 1.807) is 0 Å². The van der Waals surface area contributed by atoms with Gasteiger partial charge in [0, 0.05) is 6.42 Å². The van der Waals surface area contributed by atoms with Crippen LogP contribution < -0.4 is 0 Å². The van der Waals surface area contributed by atoms with Gasteiger partial charge in [0.25, 0.3) is 0 Å². The summed E-state index contributed by atoms with van der Waals surface area (Å²) in [6.07, 6.45) is 21.4. The summed E-state index contributed by atoms with van der Waals surface area (Å²) in [6, 6.07) is 0. The largest absolute Gasteiger partial charge is 0.481 e. The monoisotopic (exact) mass is 356 g/mol. The van der Waals surface area contributed by atoms with Crippen LogP contribution in [0.3, 0.4) is 0 Å². The summed E-state index contributed by atoms with van der Waals surface area (Å²) in [6.45, 7) is 3.21. The Morgan fingerprint density at radius 2 is 1.40 bits per heavy atom. The number of carbonyl (C=O) groups is 1. The lowest BCUT2D eigenvalue weighted by atomic mass is 10.1. The Balaban J connectivity index is 0.000000972. The van der Waals surface area contributed by atoms with Gasteiger partial charge < -0.3 is 14.9 Å². The Bertz CT molecular complexity index is 311. The van der Waals surface area contributed by atoms with Gasteiger partial charge in [-0.2, -0.15) is 0 Å². The van der Waals surface area contributed by atoms with Crippen molar-refractivity contribution in [2.24, 2.45) is 0 Å². The maximum Gasteiger partial charge on any atom is 0.303 e. The SMILES string of the molecule is CCCCCCCCC=CCCCCCCCC(=O)O.OCC1CO1. The molecule has 0 aromatic heterocycles. The number of rotatable bonds is 16. The highest BCUT2D eigenvalue weighted by Gasteiger charge is 2.19. The quantitative estimate of drug-likeness (QED) is 0.218. The molecule has 148 valence electrons. The first-order chi connectivity index (χ1) is 12.2. The van der Waals surface area contributed by atoms with E-state index in [1.807, 2.05) is 0 Å². The number of ether oxygens (including phenoxy) is 1. The van der Waals surface area contributed by atoms with Gasteiger partial charge in [0.15, 0.2) is 0 Å². The van der Waals surface area contributed by atoms with Gasteiger partial charge in [-0.05, 0) is 32.1 Å². The molecular weight excluding hydrogens is 316 g/mol. The van der Waals surface area contributed by atoms with Crippen LogP contribution in [0, 0.1) is 0 Å². The lowest BCUT2D eigenvalue weighted by molar-refractivity contribution is -0.137. The number of hydrogen-bond acceptors (Lipinski definition) is 3. The van der Waals surface area contributed by atoms with E-state index in [0.717, 1.165) is 19.4 Å². The minimum atomic E-state index is -0.664. The minimum absolute atomic E-state index is 0.190. The van der Waals surface area contributed by atoms with E-state index in [2.05, 4.69) is 23.8 Å². The molecule has 1 atom stereocenters. The average molecular weight is 357 g/mol. The molecule has 0 spiro atoms. The number of carboxylic acid groups (broad SMARTS) is 1. The third-order valence-corrected chi connectivity index (χ3v) is 4.26. The van der Waals surface area contributed by atoms with Gasteiger partial charge in [0.1, 0.15) is 6.10 Å². The lowest BCUT2D eigenvalue weighted by Gasteiger charge is -1.99. The van der Waals surface area contributed by atoms with Crippen LogP contribution in [-0.4, -0.2) is 35.5 Å². The van der Waals surface area contributed by atoms with Crippen LogP contribution in [0.15, 0.2) is 12.2 Å². The molecule has 4 nitrogen and oxygen atoms in total. The first-order valence-electron chi connectivity index (χ1n) is 10.3. The van der Waals surface area contributed by atoms with Gasteiger partial charge in [0.05, 0.1) is 13.2 Å². The second kappa shape index (κ2) is 19.5. The van der Waals surface area contributed by atoms with Gasteiger partial charge >= 0.3 is 5.97 Å². The molecule has 1 rings (SSSR count). The zero-order valence-corrected chi connectivity index (χ0v) is 16.3. The number of allylic oxidation sites excluding steroid dienone is 2. The molecule has 1 fully saturated rings. The van der Waals surface area contributed by atoms with E-state index < -0.39 is 5.97 Å². The predicted octanol–water partition coefficient (Wildman–Crippen LogP) is 5.49. The molecule has 25 heavy (non-hydrogen) atoms. The fourth-order valence-electron chi connectivity index (χ4n) is 2.52. The smallest absolute Gasteiger partial charge is 0.303 e. The maximum atomic E-state index is 10.3. The second-order valence-electron chi connectivity index (χ2n) is 6.87. The van der Waals surface area contributed by atoms with Crippen LogP contribution in [-0.2, 0) is 9.53 Å². The van der Waals surface area contributed by atoms with E-state index in [-0.39, 0.29) is 12.7 Å². The molecule has 1 aliphatic rings. The first kappa shape index (κ1) is 24.1. The second-order valence-corrected chi connectivity index (χ2v) is 6.87. The summed E-state index contributed by atoms with van der Waals surface area (Å²) < 4.78 is 4.61. The first-order valence-corrected chi connectivity index (χ1v) is 10.3. The fourth-order valence-corrected chi connectivity index (χ4v) is 2.52. The number of aliphatic carboxylic acids is 1. The van der Waals surface area contributed by atoms with Crippen molar-refractivity contribution in [1.82, 2.24) is 0 Å². The molecule has 0 saturated carbocycles. The zero-order chi connectivity index (χ0) is 18.6. The number of aliphatic hydroxyl groups is 1. The Kier molecular flexibility index (Phi) is 18.8. The number of unbranched alkanes of at least 4 members (excludes halogenated alkanes) is 11. The summed E-state index contributed by atoms with van der Waals surface area (Å²) in [5.41, 5.74) is 0. The van der Waals surface area contributed by atoms with Crippen LogP contribution in [0.2, 0.25) is 0 Å². The summed E-state index contributed by atoms with van der Waals surface area (Å²) in [5, 5.41) is 16.6. The van der Waals surface area contributed by atoms with Crippen LogP contribution in [0.1, 0.15) is 96.8 Å². The number of carboxylic acids is 1. The third kappa shape index (κ3) is 23.1. The molecule has 0 aromatic carbocycles. The molecule has 1 heterocycles. The Morgan fingerprint density at radius 3 is 1.80 bits per heavy atom. The number of aliphatic hydroxyl groups excluding tert-OH is 1. The molecule has 1 saturated heterocycles. The molecule has 1 aliphatic heterocycles. The normalized spacial score (nSPS) is 15.8. The highest BCUT2D eigenvalue weighted by molar-refractivity contribution is 5.66. The van der Waals surface area contributed by atoms with Crippen LogP contribution >= 0.6 is 0 Å². The Morgan fingerprint density at radius 1 is 0.920 bits per heavy atom. The van der Waals surface area contributed by atoms with Crippen LogP contribution in [0.5, 0.6) is 0 Å². The van der Waals surface area contributed by atoms with Gasteiger partial charge in [-0.1, -0.05) is 70.4 Å². The molecule has 0 aromatic rings. The van der Waals surface area contributed by atoms with E-state index in [1.165, 1.54) is 70.6 Å². The topological polar surface area (TPSA) is 70.1 Å². The molecule has 0 bridgehead atoms. The third-order valence-electron chi connectivity index (χ3n) is 4.26. The van der Waals surface area contributed by atoms with Crippen molar-refractivity contribution in [3.8, 4) is 0 Å². The summed E-state index contributed by atoms with van der Waals surface area (Å²) in [5.74, 6) is -0.664. The maximum absolute atomic E-state index is 10.3. The zero-order valence-electron chi connectivity index (χ0n) is 16.3. The standard InChI is InChI=1S/C18H34O2.C3H6O2/c1-2-3-4-5-6-7-8-9-10-11-12-13-14-15-16-17-18(19)20;4-1-3-2-5-3/h9-10H,2-8,11-17H2,1H3,(H,19,20);3-4H,1-2H2. The van der Waals surface area contributed by atoms with Crippen LogP contribution in [0.4, 0.5) is 0 Å². The lowest BCUT2D eigenvalue weighted by Crippen LogP contribution is -1.93. The van der Waals surface area contributed by atoms with E-state index in [0.29, 0.717) is 6.42 Å². The minimum Gasteiger partial charge on any atom is -0.481 e. The van der Waals surface area contributed by atoms with Gasteiger partial charge in [-0.15, -0.1) is 0 Å². The van der Waals surface area contributed by atoms with E-state index in [9.17, 15) is 4.79 Å². The van der Waals surface area contributed by atoms with Crippen molar-refractivity contribution >= 4 is 5.97 Å². The molecule has 1 unspecified atom stereocenters. The van der Waals surface area contributed by atoms with Crippen LogP contribution in [0.25, 0.3) is 0 Å². The van der Waals surface area contributed by atoms with Gasteiger partial charge in [-0.3, -0.25) is 4.79 Å². The fraction of sp³-hybridized carbons (Fsp3) is 0.857. The Hall–Kier alpha value is -0.870. The molecule has 0 radical (unpaired) electrons. The predicted molar refractivity (Wildman–Crippen MR) is 104 cm³/mol.